The van der Waals surface area contributed by atoms with E-state index >= 15 is 0 Å². The molecule has 0 heterocycles. The number of nitrogens with two attached hydrogens (primary N) is 1. The fraction of sp³-hybridized carbons (Fsp3) is 0.533. The summed E-state index contributed by atoms with van der Waals surface area (Å²) in [6.45, 7) is 2.21. The molecule has 22 heavy (non-hydrogen) atoms. The van der Waals surface area contributed by atoms with Gasteiger partial charge in [0, 0.05) is 18.2 Å². The average molecular weight is 319 g/mol. The summed E-state index contributed by atoms with van der Waals surface area (Å²) in [5, 5.41) is 0. The van der Waals surface area contributed by atoms with Gasteiger partial charge in [-0.15, -0.1) is 0 Å². The van der Waals surface area contributed by atoms with Crippen LogP contribution in [-0.4, -0.2) is 19.2 Å². The van der Waals surface area contributed by atoms with Crippen molar-refractivity contribution in [2.75, 3.05) is 18.9 Å². The van der Waals surface area contributed by atoms with Crippen molar-refractivity contribution in [3.8, 4) is 5.75 Å². The number of anilines is 1. The normalized spacial score (nSPS) is 11.3. The number of hydrogen-bond acceptors (Lipinski definition) is 4. The summed E-state index contributed by atoms with van der Waals surface area (Å²) >= 11 is 0. The molecule has 0 radical (unpaired) electrons. The molecule has 0 fully saturated rings. The number of alkyl halides is 3. The van der Waals surface area contributed by atoms with E-state index in [-0.39, 0.29) is 24.0 Å². The van der Waals surface area contributed by atoms with E-state index in [1.807, 2.05) is 0 Å². The Kier molecular flexibility index (Phi) is 7.01. The van der Waals surface area contributed by atoms with E-state index < -0.39 is 11.7 Å². The highest BCUT2D eigenvalue weighted by molar-refractivity contribution is 5.69. The molecule has 0 bridgehead atoms. The van der Waals surface area contributed by atoms with Crippen LogP contribution in [0.3, 0.4) is 0 Å². The minimum Gasteiger partial charge on any atom is -0.493 e. The van der Waals surface area contributed by atoms with Gasteiger partial charge in [-0.1, -0.05) is 0 Å². The highest BCUT2D eigenvalue weighted by Gasteiger charge is 2.34. The maximum atomic E-state index is 12.8. The summed E-state index contributed by atoms with van der Waals surface area (Å²) in [5.41, 5.74) is 4.86. The second-order valence-electron chi connectivity index (χ2n) is 4.72. The van der Waals surface area contributed by atoms with E-state index in [1.165, 1.54) is 12.1 Å². The first-order valence-electron chi connectivity index (χ1n) is 7.09. The summed E-state index contributed by atoms with van der Waals surface area (Å²) in [5.74, 6) is -0.531. The molecule has 7 heteroatoms. The van der Waals surface area contributed by atoms with Crippen molar-refractivity contribution in [1.82, 2.24) is 0 Å². The van der Waals surface area contributed by atoms with Crippen molar-refractivity contribution >= 4 is 11.7 Å². The van der Waals surface area contributed by atoms with Crippen LogP contribution in [0, 0.1) is 0 Å². The van der Waals surface area contributed by atoms with Gasteiger partial charge in [0.05, 0.1) is 18.8 Å². The van der Waals surface area contributed by atoms with Crippen LogP contribution >= 0.6 is 0 Å². The molecule has 124 valence electrons. The van der Waals surface area contributed by atoms with Gasteiger partial charge in [-0.3, -0.25) is 4.79 Å². The summed E-state index contributed by atoms with van der Waals surface area (Å²) in [6, 6.07) is 3.27. The molecule has 0 spiro atoms. The van der Waals surface area contributed by atoms with Crippen LogP contribution in [0.2, 0.25) is 0 Å². The molecular formula is C15H20F3NO3. The lowest BCUT2D eigenvalue weighted by Crippen LogP contribution is -2.10. The van der Waals surface area contributed by atoms with Gasteiger partial charge in [0.1, 0.15) is 5.75 Å². The summed E-state index contributed by atoms with van der Waals surface area (Å²) in [7, 11) is 0. The Labute approximate surface area is 127 Å². The van der Waals surface area contributed by atoms with Crippen LogP contribution in [0.15, 0.2) is 18.2 Å². The van der Waals surface area contributed by atoms with Gasteiger partial charge in [-0.25, -0.2) is 0 Å². The second kappa shape index (κ2) is 8.51. The van der Waals surface area contributed by atoms with Crippen molar-refractivity contribution in [3.63, 3.8) is 0 Å². The maximum Gasteiger partial charge on any atom is 0.419 e. The molecule has 1 aromatic rings. The lowest BCUT2D eigenvalue weighted by atomic mass is 10.1. The van der Waals surface area contributed by atoms with Crippen LogP contribution < -0.4 is 10.5 Å². The van der Waals surface area contributed by atoms with Crippen LogP contribution in [0.5, 0.6) is 5.75 Å². The number of carbonyl (C=O) groups excluding carboxylic acids is 1. The van der Waals surface area contributed by atoms with Crippen molar-refractivity contribution < 1.29 is 27.4 Å². The number of ether oxygens (including phenoxy) is 2. The number of unbranched alkanes of at least 4 members (excludes halogenated alkanes) is 2. The van der Waals surface area contributed by atoms with Crippen LogP contribution in [0.25, 0.3) is 0 Å². The zero-order chi connectivity index (χ0) is 16.6. The Morgan fingerprint density at radius 2 is 1.95 bits per heavy atom. The molecule has 0 aliphatic heterocycles. The van der Waals surface area contributed by atoms with E-state index in [4.69, 9.17) is 15.2 Å². The molecule has 1 rings (SSSR count). The molecule has 0 aromatic heterocycles. The SMILES string of the molecule is CCOC(=O)CCCCCOc1cc(N)ccc1C(F)(F)F. The first-order valence-corrected chi connectivity index (χ1v) is 7.09. The van der Waals surface area contributed by atoms with Gasteiger partial charge >= 0.3 is 12.1 Å². The first-order chi connectivity index (χ1) is 10.3. The number of halogens is 3. The number of hydrogen-bond donors (Lipinski definition) is 1. The fourth-order valence-corrected chi connectivity index (χ4v) is 1.86. The molecule has 0 saturated carbocycles. The second-order valence-corrected chi connectivity index (χ2v) is 4.72. The van der Waals surface area contributed by atoms with Crippen LogP contribution in [0.1, 0.15) is 38.2 Å². The predicted molar refractivity (Wildman–Crippen MR) is 76.5 cm³/mol. The Morgan fingerprint density at radius 3 is 2.59 bits per heavy atom. The largest absolute Gasteiger partial charge is 0.493 e. The Balaban J connectivity index is 2.39. The standard InChI is InChI=1S/C15H20F3NO3/c1-2-21-14(20)6-4-3-5-9-22-13-10-11(19)7-8-12(13)15(16,17)18/h7-8,10H,2-6,9,19H2,1H3. The van der Waals surface area contributed by atoms with Gasteiger partial charge in [-0.05, 0) is 38.3 Å². The minimum absolute atomic E-state index is 0.134. The highest BCUT2D eigenvalue weighted by atomic mass is 19.4. The Hall–Kier alpha value is -1.92. The highest BCUT2D eigenvalue weighted by Crippen LogP contribution is 2.37. The summed E-state index contributed by atoms with van der Waals surface area (Å²) in [6.07, 6.45) is -2.34. The average Bonchev–Trinajstić information content (AvgIpc) is 2.41. The van der Waals surface area contributed by atoms with Gasteiger partial charge in [-0.2, -0.15) is 13.2 Å². The third kappa shape index (κ3) is 6.24. The zero-order valence-corrected chi connectivity index (χ0v) is 12.4. The molecule has 0 aliphatic rings. The van der Waals surface area contributed by atoms with Gasteiger partial charge in [0.15, 0.2) is 0 Å². The summed E-state index contributed by atoms with van der Waals surface area (Å²) in [4.78, 5) is 11.1. The number of carbonyl (C=O) groups is 1. The smallest absolute Gasteiger partial charge is 0.419 e. The Morgan fingerprint density at radius 1 is 1.23 bits per heavy atom. The number of esters is 1. The molecule has 0 aliphatic carbocycles. The van der Waals surface area contributed by atoms with E-state index in [0.717, 1.165) is 6.07 Å². The van der Waals surface area contributed by atoms with E-state index in [2.05, 4.69) is 0 Å². The lowest BCUT2D eigenvalue weighted by molar-refractivity contribution is -0.143. The fourth-order valence-electron chi connectivity index (χ4n) is 1.86. The van der Waals surface area contributed by atoms with E-state index in [1.54, 1.807) is 6.92 Å². The monoisotopic (exact) mass is 319 g/mol. The molecule has 0 unspecified atom stereocenters. The number of rotatable bonds is 8. The van der Waals surface area contributed by atoms with Crippen molar-refractivity contribution in [3.05, 3.63) is 23.8 Å². The quantitative estimate of drug-likeness (QED) is 0.450. The maximum absolute atomic E-state index is 12.8. The van der Waals surface area contributed by atoms with E-state index in [9.17, 15) is 18.0 Å². The number of benzene rings is 1. The van der Waals surface area contributed by atoms with Crippen molar-refractivity contribution in [2.45, 2.75) is 38.8 Å². The molecule has 2 N–H and O–H groups in total. The first kappa shape index (κ1) is 18.1. The predicted octanol–water partition coefficient (Wildman–Crippen LogP) is 3.79. The van der Waals surface area contributed by atoms with Gasteiger partial charge in [0.2, 0.25) is 0 Å². The molecule has 0 atom stereocenters. The third-order valence-electron chi connectivity index (χ3n) is 2.90. The Bertz CT molecular complexity index is 489. The third-order valence-corrected chi connectivity index (χ3v) is 2.90. The zero-order valence-electron chi connectivity index (χ0n) is 12.4. The minimum atomic E-state index is -4.48. The molecule has 0 saturated heterocycles. The summed E-state index contributed by atoms with van der Waals surface area (Å²) < 4.78 is 48.4. The van der Waals surface area contributed by atoms with E-state index in [0.29, 0.717) is 32.3 Å². The molecule has 0 amide bonds. The number of nitrogen functional groups attached to an aromatic ring is 1. The van der Waals surface area contributed by atoms with Gasteiger partial charge < -0.3 is 15.2 Å². The topological polar surface area (TPSA) is 61.5 Å². The van der Waals surface area contributed by atoms with Crippen LogP contribution in [-0.2, 0) is 15.7 Å². The molecular weight excluding hydrogens is 299 g/mol. The molecule has 1 aromatic carbocycles. The van der Waals surface area contributed by atoms with Crippen LogP contribution in [0.4, 0.5) is 18.9 Å². The van der Waals surface area contributed by atoms with Crippen molar-refractivity contribution in [2.24, 2.45) is 0 Å². The molecule has 4 nitrogen and oxygen atoms in total. The van der Waals surface area contributed by atoms with Gasteiger partial charge in [0.25, 0.3) is 0 Å². The lowest BCUT2D eigenvalue weighted by Gasteiger charge is -2.14. The van der Waals surface area contributed by atoms with Crippen molar-refractivity contribution in [1.29, 1.82) is 0 Å².